The van der Waals surface area contributed by atoms with Crippen molar-refractivity contribution in [3.8, 4) is 5.75 Å². The summed E-state index contributed by atoms with van der Waals surface area (Å²) >= 11 is 0. The summed E-state index contributed by atoms with van der Waals surface area (Å²) in [5.74, 6) is -0.000675. The van der Waals surface area contributed by atoms with Crippen LogP contribution in [0, 0.1) is 10.1 Å². The highest BCUT2D eigenvalue weighted by Crippen LogP contribution is 2.25. The molecular weight excluding hydrogens is 324 g/mol. The van der Waals surface area contributed by atoms with Gasteiger partial charge < -0.3 is 9.47 Å². The molecule has 1 heterocycles. The van der Waals surface area contributed by atoms with Crippen molar-refractivity contribution in [1.29, 1.82) is 0 Å². The summed E-state index contributed by atoms with van der Waals surface area (Å²) < 4.78 is 10.5. The molecule has 0 unspecified atom stereocenters. The van der Waals surface area contributed by atoms with Crippen LogP contribution in [0.1, 0.15) is 18.1 Å². The number of nitro groups is 1. The molecule has 0 fully saturated rings. The van der Waals surface area contributed by atoms with E-state index in [9.17, 15) is 14.9 Å². The maximum atomic E-state index is 12.0. The molecular formula is C18H14N2O5. The number of carbonyl (C=O) groups is 1. The molecule has 0 bridgehead atoms. The summed E-state index contributed by atoms with van der Waals surface area (Å²) in [6.07, 6.45) is 1.56. The van der Waals surface area contributed by atoms with E-state index in [1.807, 2.05) is 6.92 Å². The third-order valence-electron chi connectivity index (χ3n) is 3.45. The van der Waals surface area contributed by atoms with Crippen molar-refractivity contribution >= 4 is 23.6 Å². The van der Waals surface area contributed by atoms with Crippen LogP contribution in [0.15, 0.2) is 59.2 Å². The van der Waals surface area contributed by atoms with Crippen LogP contribution >= 0.6 is 0 Å². The van der Waals surface area contributed by atoms with Crippen LogP contribution in [0.25, 0.3) is 6.08 Å². The van der Waals surface area contributed by atoms with Crippen molar-refractivity contribution in [3.63, 3.8) is 0 Å². The number of hydrogen-bond donors (Lipinski definition) is 0. The average molecular weight is 338 g/mol. The van der Waals surface area contributed by atoms with E-state index in [-0.39, 0.29) is 22.8 Å². The summed E-state index contributed by atoms with van der Waals surface area (Å²) in [4.78, 5) is 26.7. The molecule has 7 nitrogen and oxygen atoms in total. The van der Waals surface area contributed by atoms with Crippen LogP contribution in [0.2, 0.25) is 0 Å². The van der Waals surface area contributed by atoms with Gasteiger partial charge in [-0.05, 0) is 36.8 Å². The predicted octanol–water partition coefficient (Wildman–Crippen LogP) is 3.34. The lowest BCUT2D eigenvalue weighted by molar-refractivity contribution is -0.385. The maximum Gasteiger partial charge on any atom is 0.363 e. The topological polar surface area (TPSA) is 91.0 Å². The molecule has 0 amide bonds. The lowest BCUT2D eigenvalue weighted by Gasteiger charge is -2.02. The first kappa shape index (κ1) is 16.4. The number of esters is 1. The lowest BCUT2D eigenvalue weighted by atomic mass is 10.2. The smallest absolute Gasteiger partial charge is 0.363 e. The SMILES string of the molecule is CCOc1ccc(/C=C2/N=C(c3ccccc3[N+](=O)[O-])OC2=O)cc1. The average Bonchev–Trinajstić information content (AvgIpc) is 2.97. The number of para-hydroxylation sites is 1. The number of benzene rings is 2. The lowest BCUT2D eigenvalue weighted by Crippen LogP contribution is -2.07. The molecule has 0 spiro atoms. The van der Waals surface area contributed by atoms with E-state index in [1.54, 1.807) is 36.4 Å². The summed E-state index contributed by atoms with van der Waals surface area (Å²) in [6, 6.07) is 13.1. The Kier molecular flexibility index (Phi) is 4.56. The minimum absolute atomic E-state index is 0.0745. The first-order valence-corrected chi connectivity index (χ1v) is 7.57. The molecule has 126 valence electrons. The summed E-state index contributed by atoms with van der Waals surface area (Å²) in [5.41, 5.74) is 0.813. The van der Waals surface area contributed by atoms with Gasteiger partial charge in [0.15, 0.2) is 5.70 Å². The second kappa shape index (κ2) is 6.96. The number of aliphatic imine (C=N–C) groups is 1. The monoisotopic (exact) mass is 338 g/mol. The fourth-order valence-electron chi connectivity index (χ4n) is 2.32. The standard InChI is InChI=1S/C18H14N2O5/c1-2-24-13-9-7-12(8-10-13)11-15-18(21)25-17(19-15)14-5-3-4-6-16(14)20(22)23/h3-11H,2H2,1H3/b15-11+. The van der Waals surface area contributed by atoms with Crippen molar-refractivity contribution in [3.05, 3.63) is 75.5 Å². The van der Waals surface area contributed by atoms with Crippen molar-refractivity contribution in [1.82, 2.24) is 0 Å². The molecule has 1 aliphatic rings. The van der Waals surface area contributed by atoms with Gasteiger partial charge in [0.1, 0.15) is 11.3 Å². The first-order chi connectivity index (χ1) is 12.1. The molecule has 3 rings (SSSR count). The van der Waals surface area contributed by atoms with Gasteiger partial charge in [-0.25, -0.2) is 9.79 Å². The summed E-state index contributed by atoms with van der Waals surface area (Å²) in [5, 5.41) is 11.1. The Morgan fingerprint density at radius 1 is 1.20 bits per heavy atom. The molecule has 2 aromatic rings. The van der Waals surface area contributed by atoms with E-state index in [0.29, 0.717) is 6.61 Å². The van der Waals surface area contributed by atoms with E-state index in [2.05, 4.69) is 4.99 Å². The number of carbonyl (C=O) groups excluding carboxylic acids is 1. The molecule has 2 aromatic carbocycles. The molecule has 0 aromatic heterocycles. The van der Waals surface area contributed by atoms with Crippen molar-refractivity contribution < 1.29 is 19.2 Å². The molecule has 0 aliphatic carbocycles. The number of ether oxygens (including phenoxy) is 2. The van der Waals surface area contributed by atoms with E-state index in [1.165, 1.54) is 18.2 Å². The zero-order chi connectivity index (χ0) is 17.8. The van der Waals surface area contributed by atoms with Crippen LogP contribution in [-0.2, 0) is 9.53 Å². The normalized spacial score (nSPS) is 15.0. The fraction of sp³-hybridized carbons (Fsp3) is 0.111. The van der Waals surface area contributed by atoms with Gasteiger partial charge in [-0.1, -0.05) is 24.3 Å². The highest BCUT2D eigenvalue weighted by Gasteiger charge is 2.28. The molecule has 0 N–H and O–H groups in total. The summed E-state index contributed by atoms with van der Waals surface area (Å²) in [6.45, 7) is 2.46. The molecule has 0 atom stereocenters. The second-order valence-corrected chi connectivity index (χ2v) is 5.11. The van der Waals surface area contributed by atoms with Gasteiger partial charge in [-0.2, -0.15) is 0 Å². The number of nitro benzene ring substituents is 1. The minimum atomic E-state index is -0.651. The van der Waals surface area contributed by atoms with Crippen LogP contribution < -0.4 is 4.74 Å². The molecule has 7 heteroatoms. The minimum Gasteiger partial charge on any atom is -0.494 e. The molecule has 0 saturated heterocycles. The highest BCUT2D eigenvalue weighted by atomic mass is 16.6. The first-order valence-electron chi connectivity index (χ1n) is 7.57. The molecule has 0 saturated carbocycles. The Hall–Kier alpha value is -3.48. The second-order valence-electron chi connectivity index (χ2n) is 5.11. The van der Waals surface area contributed by atoms with E-state index in [0.717, 1.165) is 11.3 Å². The van der Waals surface area contributed by atoms with E-state index < -0.39 is 10.9 Å². The quantitative estimate of drug-likeness (QED) is 0.361. The Morgan fingerprint density at radius 2 is 1.92 bits per heavy atom. The summed E-state index contributed by atoms with van der Waals surface area (Å²) in [7, 11) is 0. The Bertz CT molecular complexity index is 885. The van der Waals surface area contributed by atoms with Crippen LogP contribution in [0.3, 0.4) is 0 Å². The Morgan fingerprint density at radius 3 is 2.60 bits per heavy atom. The zero-order valence-electron chi connectivity index (χ0n) is 13.3. The molecule has 1 aliphatic heterocycles. The van der Waals surface area contributed by atoms with Gasteiger partial charge in [-0.15, -0.1) is 0 Å². The number of cyclic esters (lactones) is 1. The maximum absolute atomic E-state index is 12.0. The van der Waals surface area contributed by atoms with Gasteiger partial charge in [0.2, 0.25) is 5.90 Å². The molecule has 0 radical (unpaired) electrons. The largest absolute Gasteiger partial charge is 0.494 e. The van der Waals surface area contributed by atoms with Gasteiger partial charge in [0, 0.05) is 6.07 Å². The van der Waals surface area contributed by atoms with Crippen molar-refractivity contribution in [2.24, 2.45) is 4.99 Å². The van der Waals surface area contributed by atoms with Crippen LogP contribution in [-0.4, -0.2) is 23.4 Å². The molecule has 25 heavy (non-hydrogen) atoms. The third-order valence-corrected chi connectivity index (χ3v) is 3.45. The van der Waals surface area contributed by atoms with Crippen LogP contribution in [0.5, 0.6) is 5.75 Å². The van der Waals surface area contributed by atoms with E-state index >= 15 is 0 Å². The Balaban J connectivity index is 1.91. The van der Waals surface area contributed by atoms with Gasteiger partial charge in [0.25, 0.3) is 5.69 Å². The van der Waals surface area contributed by atoms with Crippen molar-refractivity contribution in [2.45, 2.75) is 6.92 Å². The van der Waals surface area contributed by atoms with Crippen LogP contribution in [0.4, 0.5) is 5.69 Å². The Labute approximate surface area is 143 Å². The van der Waals surface area contributed by atoms with Gasteiger partial charge >= 0.3 is 5.97 Å². The van der Waals surface area contributed by atoms with Crippen molar-refractivity contribution in [2.75, 3.05) is 6.61 Å². The van der Waals surface area contributed by atoms with Gasteiger partial charge in [0.05, 0.1) is 11.5 Å². The highest BCUT2D eigenvalue weighted by molar-refractivity contribution is 6.14. The van der Waals surface area contributed by atoms with E-state index in [4.69, 9.17) is 9.47 Å². The van der Waals surface area contributed by atoms with Gasteiger partial charge in [-0.3, -0.25) is 10.1 Å². The number of hydrogen-bond acceptors (Lipinski definition) is 6. The fourth-order valence-corrected chi connectivity index (χ4v) is 2.32. The number of rotatable bonds is 5. The predicted molar refractivity (Wildman–Crippen MR) is 91.3 cm³/mol. The zero-order valence-corrected chi connectivity index (χ0v) is 13.3. The number of nitrogens with zero attached hydrogens (tertiary/aromatic N) is 2. The third kappa shape index (κ3) is 3.55.